The zero-order valence-corrected chi connectivity index (χ0v) is 18.9. The van der Waals surface area contributed by atoms with Crippen molar-refractivity contribution in [3.05, 3.63) is 52.7 Å². The molecular formula is C23H24ClN5O4. The second kappa shape index (κ2) is 11.3. The Morgan fingerprint density at radius 2 is 1.97 bits per heavy atom. The molecule has 2 aromatic rings. The van der Waals surface area contributed by atoms with E-state index in [1.54, 1.807) is 37.3 Å². The van der Waals surface area contributed by atoms with Crippen molar-refractivity contribution in [3.63, 3.8) is 0 Å². The van der Waals surface area contributed by atoms with Crippen molar-refractivity contribution >= 4 is 40.9 Å². The number of benzene rings is 1. The number of rotatable bonds is 7. The van der Waals surface area contributed by atoms with Gasteiger partial charge in [-0.05, 0) is 49.6 Å². The molecule has 172 valence electrons. The summed E-state index contributed by atoms with van der Waals surface area (Å²) in [5.74, 6) is -0.950. The molecule has 1 aromatic carbocycles. The molecule has 2 N–H and O–H groups in total. The highest BCUT2D eigenvalue weighted by molar-refractivity contribution is 6.31. The molecule has 1 saturated heterocycles. The first kappa shape index (κ1) is 24.0. The molecule has 0 unspecified atom stereocenters. The third-order valence-corrected chi connectivity index (χ3v) is 5.77. The summed E-state index contributed by atoms with van der Waals surface area (Å²) in [4.78, 5) is 42.6. The van der Waals surface area contributed by atoms with Crippen LogP contribution in [0.2, 0.25) is 5.02 Å². The second-order valence-electron chi connectivity index (χ2n) is 7.62. The monoisotopic (exact) mass is 469 g/mol. The fraction of sp³-hybridized carbons (Fsp3) is 0.348. The van der Waals surface area contributed by atoms with Gasteiger partial charge in [0.15, 0.2) is 6.61 Å². The smallest absolute Gasteiger partial charge is 0.309 e. The molecule has 2 heterocycles. The average molecular weight is 470 g/mol. The molecule has 0 spiro atoms. The molecular weight excluding hydrogens is 446 g/mol. The number of amides is 2. The molecule has 0 saturated carbocycles. The number of ether oxygens (including phenoxy) is 1. The Morgan fingerprint density at radius 1 is 1.21 bits per heavy atom. The third kappa shape index (κ3) is 6.67. The Morgan fingerprint density at radius 3 is 2.64 bits per heavy atom. The lowest BCUT2D eigenvalue weighted by atomic mass is 9.97. The van der Waals surface area contributed by atoms with Gasteiger partial charge in [0.05, 0.1) is 18.0 Å². The standard InChI is InChI=1S/C23H24ClN5O4/c1-15-18(24)3-2-4-19(15)28-21(30)13-27-22(31)14-33-23(32)17-7-9-29(10-8-17)20-6-5-16(11-25)12-26-20/h2-6,12,17H,7-10,13-14H2,1H3,(H,27,31)(H,28,30). The first-order chi connectivity index (χ1) is 15.9. The van der Waals surface area contributed by atoms with Crippen molar-refractivity contribution in [2.75, 3.05) is 36.5 Å². The van der Waals surface area contributed by atoms with Gasteiger partial charge in [0, 0.05) is 30.0 Å². The van der Waals surface area contributed by atoms with E-state index in [-0.39, 0.29) is 12.5 Å². The van der Waals surface area contributed by atoms with Gasteiger partial charge in [-0.15, -0.1) is 0 Å². The Hall–Kier alpha value is -3.64. The molecule has 0 atom stereocenters. The van der Waals surface area contributed by atoms with Gasteiger partial charge in [0.25, 0.3) is 5.91 Å². The van der Waals surface area contributed by atoms with Gasteiger partial charge in [0.2, 0.25) is 5.91 Å². The van der Waals surface area contributed by atoms with E-state index in [9.17, 15) is 14.4 Å². The van der Waals surface area contributed by atoms with Crippen LogP contribution in [0.15, 0.2) is 36.5 Å². The third-order valence-electron chi connectivity index (χ3n) is 5.36. The Labute approximate surface area is 196 Å². The van der Waals surface area contributed by atoms with Crippen LogP contribution >= 0.6 is 11.6 Å². The van der Waals surface area contributed by atoms with E-state index in [0.29, 0.717) is 42.2 Å². The highest BCUT2D eigenvalue weighted by atomic mass is 35.5. The van der Waals surface area contributed by atoms with Crippen molar-refractivity contribution in [3.8, 4) is 6.07 Å². The van der Waals surface area contributed by atoms with Gasteiger partial charge >= 0.3 is 5.97 Å². The Kier molecular flexibility index (Phi) is 8.22. The number of piperidine rings is 1. The lowest BCUT2D eigenvalue weighted by molar-refractivity contribution is -0.153. The topological polar surface area (TPSA) is 124 Å². The summed E-state index contributed by atoms with van der Waals surface area (Å²) in [6, 6.07) is 10.7. The number of carbonyl (C=O) groups is 3. The van der Waals surface area contributed by atoms with Crippen LogP contribution in [-0.4, -0.2) is 49.0 Å². The molecule has 0 bridgehead atoms. The molecule has 9 nitrogen and oxygen atoms in total. The van der Waals surface area contributed by atoms with E-state index in [1.807, 2.05) is 11.0 Å². The lowest BCUT2D eigenvalue weighted by Crippen LogP contribution is -2.39. The molecule has 1 fully saturated rings. The molecule has 2 amide bonds. The van der Waals surface area contributed by atoms with Crippen LogP contribution in [0, 0.1) is 24.2 Å². The van der Waals surface area contributed by atoms with Crippen LogP contribution in [0.4, 0.5) is 11.5 Å². The van der Waals surface area contributed by atoms with Gasteiger partial charge in [-0.25, -0.2) is 4.98 Å². The summed E-state index contributed by atoms with van der Waals surface area (Å²) in [6.07, 6.45) is 2.66. The van der Waals surface area contributed by atoms with Crippen molar-refractivity contribution in [2.45, 2.75) is 19.8 Å². The first-order valence-corrected chi connectivity index (χ1v) is 10.8. The quantitative estimate of drug-likeness (QED) is 0.596. The van der Waals surface area contributed by atoms with Gasteiger partial charge < -0.3 is 20.3 Å². The number of nitrogens with one attached hydrogen (secondary N) is 2. The SMILES string of the molecule is Cc1c(Cl)cccc1NC(=O)CNC(=O)COC(=O)C1CCN(c2ccc(C#N)cn2)CC1. The summed E-state index contributed by atoms with van der Waals surface area (Å²) >= 11 is 6.02. The molecule has 10 heteroatoms. The number of esters is 1. The predicted octanol–water partition coefficient (Wildman–Crippen LogP) is 2.43. The number of pyridine rings is 1. The van der Waals surface area contributed by atoms with Crippen LogP contribution in [0.3, 0.4) is 0 Å². The molecule has 1 aromatic heterocycles. The first-order valence-electron chi connectivity index (χ1n) is 10.5. The summed E-state index contributed by atoms with van der Waals surface area (Å²) in [6.45, 7) is 2.32. The van der Waals surface area contributed by atoms with Crippen molar-refractivity contribution < 1.29 is 19.1 Å². The maximum absolute atomic E-state index is 12.3. The number of hydrogen-bond acceptors (Lipinski definition) is 7. The number of aromatic nitrogens is 1. The number of carbonyl (C=O) groups excluding carboxylic acids is 3. The molecule has 33 heavy (non-hydrogen) atoms. The van der Waals surface area contributed by atoms with E-state index in [0.717, 1.165) is 11.4 Å². The van der Waals surface area contributed by atoms with E-state index >= 15 is 0 Å². The molecule has 0 aliphatic carbocycles. The van der Waals surface area contributed by atoms with Crippen LogP contribution in [0.25, 0.3) is 0 Å². The van der Waals surface area contributed by atoms with Crippen molar-refractivity contribution in [1.82, 2.24) is 10.3 Å². The number of nitrogens with zero attached hydrogens (tertiary/aromatic N) is 3. The number of anilines is 2. The average Bonchev–Trinajstić information content (AvgIpc) is 2.84. The summed E-state index contributed by atoms with van der Waals surface area (Å²) in [7, 11) is 0. The van der Waals surface area contributed by atoms with Gasteiger partial charge in [-0.1, -0.05) is 17.7 Å². The zero-order chi connectivity index (χ0) is 23.8. The second-order valence-corrected chi connectivity index (χ2v) is 8.03. The maximum Gasteiger partial charge on any atom is 0.309 e. The minimum atomic E-state index is -0.555. The van der Waals surface area contributed by atoms with Gasteiger partial charge in [-0.3, -0.25) is 14.4 Å². The highest BCUT2D eigenvalue weighted by Gasteiger charge is 2.27. The van der Waals surface area contributed by atoms with Crippen LogP contribution < -0.4 is 15.5 Å². The molecule has 3 rings (SSSR count). The van der Waals surface area contributed by atoms with Crippen molar-refractivity contribution in [2.24, 2.45) is 5.92 Å². The fourth-order valence-electron chi connectivity index (χ4n) is 3.41. The lowest BCUT2D eigenvalue weighted by Gasteiger charge is -2.31. The van der Waals surface area contributed by atoms with Crippen LogP contribution in [0.5, 0.6) is 0 Å². The zero-order valence-electron chi connectivity index (χ0n) is 18.1. The summed E-state index contributed by atoms with van der Waals surface area (Å²) in [5, 5.41) is 14.5. The number of hydrogen-bond donors (Lipinski definition) is 2. The van der Waals surface area contributed by atoms with Crippen molar-refractivity contribution in [1.29, 1.82) is 5.26 Å². The summed E-state index contributed by atoms with van der Waals surface area (Å²) < 4.78 is 5.13. The van der Waals surface area contributed by atoms with Gasteiger partial charge in [0.1, 0.15) is 11.9 Å². The predicted molar refractivity (Wildman–Crippen MR) is 123 cm³/mol. The molecule has 0 radical (unpaired) electrons. The van der Waals surface area contributed by atoms with E-state index in [1.165, 1.54) is 6.20 Å². The number of nitriles is 1. The molecule has 1 aliphatic heterocycles. The minimum absolute atomic E-state index is 0.252. The Bertz CT molecular complexity index is 1060. The highest BCUT2D eigenvalue weighted by Crippen LogP contribution is 2.23. The van der Waals surface area contributed by atoms with Crippen LogP contribution in [0.1, 0.15) is 24.0 Å². The van der Waals surface area contributed by atoms with E-state index < -0.39 is 24.4 Å². The summed E-state index contributed by atoms with van der Waals surface area (Å²) in [5.41, 5.74) is 1.79. The normalized spacial score (nSPS) is 13.7. The molecule has 1 aliphatic rings. The van der Waals surface area contributed by atoms with E-state index in [4.69, 9.17) is 21.6 Å². The maximum atomic E-state index is 12.3. The fourth-order valence-corrected chi connectivity index (χ4v) is 3.58. The largest absolute Gasteiger partial charge is 0.455 e. The number of halogens is 1. The Balaban J connectivity index is 1.36. The van der Waals surface area contributed by atoms with Crippen LogP contribution in [-0.2, 0) is 19.1 Å². The minimum Gasteiger partial charge on any atom is -0.455 e. The van der Waals surface area contributed by atoms with E-state index in [2.05, 4.69) is 15.6 Å². The van der Waals surface area contributed by atoms with Gasteiger partial charge in [-0.2, -0.15) is 5.26 Å².